The number of oxazole rings is 1. The van der Waals surface area contributed by atoms with E-state index in [1.54, 1.807) is 6.07 Å². The van der Waals surface area contributed by atoms with Gasteiger partial charge in [-0.2, -0.15) is 0 Å². The summed E-state index contributed by atoms with van der Waals surface area (Å²) in [4.78, 5) is 16.2. The third-order valence-corrected chi connectivity index (χ3v) is 3.65. The number of aliphatic hydroxyl groups excluding tert-OH is 1. The van der Waals surface area contributed by atoms with Crippen molar-refractivity contribution in [1.82, 2.24) is 10.3 Å². The van der Waals surface area contributed by atoms with Gasteiger partial charge >= 0.3 is 0 Å². The van der Waals surface area contributed by atoms with Gasteiger partial charge in [-0.1, -0.05) is 30.3 Å². The average molecular weight is 340 g/mol. The predicted octanol–water partition coefficient (Wildman–Crippen LogP) is 3.22. The molecule has 0 aliphatic heterocycles. The quantitative estimate of drug-likeness (QED) is 0.722. The van der Waals surface area contributed by atoms with Gasteiger partial charge in [0.2, 0.25) is 11.8 Å². The molecule has 0 saturated carbocycles. The van der Waals surface area contributed by atoms with Gasteiger partial charge in [-0.05, 0) is 29.8 Å². The second-order valence-electron chi connectivity index (χ2n) is 5.56. The Bertz CT molecular complexity index is 849. The third-order valence-electron chi connectivity index (χ3n) is 3.65. The first kappa shape index (κ1) is 16.9. The largest absolute Gasteiger partial charge is 0.444 e. The molecule has 0 saturated heterocycles. The molecule has 1 atom stereocenters. The van der Waals surface area contributed by atoms with Gasteiger partial charge in [0, 0.05) is 5.56 Å². The Hall–Kier alpha value is -2.99. The lowest BCUT2D eigenvalue weighted by Crippen LogP contribution is -2.24. The van der Waals surface area contributed by atoms with Gasteiger partial charge in [-0.3, -0.25) is 4.79 Å². The van der Waals surface area contributed by atoms with E-state index in [0.717, 1.165) is 5.56 Å². The Morgan fingerprint density at radius 3 is 2.76 bits per heavy atom. The van der Waals surface area contributed by atoms with Gasteiger partial charge in [0.05, 0.1) is 24.8 Å². The number of rotatable bonds is 6. The summed E-state index contributed by atoms with van der Waals surface area (Å²) in [5.41, 5.74) is 1.79. The van der Waals surface area contributed by atoms with Crippen LogP contribution in [-0.4, -0.2) is 16.0 Å². The number of carbonyl (C=O) groups is 1. The number of nitrogens with one attached hydrogen (secondary N) is 1. The molecular weight excluding hydrogens is 323 g/mol. The van der Waals surface area contributed by atoms with Crippen LogP contribution >= 0.6 is 0 Å². The summed E-state index contributed by atoms with van der Waals surface area (Å²) >= 11 is 0. The first-order valence-corrected chi connectivity index (χ1v) is 7.82. The SMILES string of the molecule is O=C(CC(O)c1cccc(F)c1)NCc1coc(-c2ccccc2)n1. The first-order chi connectivity index (χ1) is 12.1. The molecule has 6 heteroatoms. The topological polar surface area (TPSA) is 75.4 Å². The minimum Gasteiger partial charge on any atom is -0.444 e. The minimum absolute atomic E-state index is 0.160. The van der Waals surface area contributed by atoms with Crippen LogP contribution in [0.25, 0.3) is 11.5 Å². The van der Waals surface area contributed by atoms with Crippen LogP contribution in [0.1, 0.15) is 23.8 Å². The second-order valence-corrected chi connectivity index (χ2v) is 5.56. The molecule has 2 N–H and O–H groups in total. The van der Waals surface area contributed by atoms with Crippen LogP contribution in [0.2, 0.25) is 0 Å². The van der Waals surface area contributed by atoms with Crippen LogP contribution in [-0.2, 0) is 11.3 Å². The minimum atomic E-state index is -1.06. The summed E-state index contributed by atoms with van der Waals surface area (Å²) in [6.07, 6.45) is 0.256. The van der Waals surface area contributed by atoms with Crippen LogP contribution in [0, 0.1) is 5.82 Å². The number of aromatic nitrogens is 1. The Kier molecular flexibility index (Phi) is 5.20. The molecule has 0 fully saturated rings. The Balaban J connectivity index is 1.53. The van der Waals surface area contributed by atoms with E-state index in [9.17, 15) is 14.3 Å². The predicted molar refractivity (Wildman–Crippen MR) is 89.8 cm³/mol. The Morgan fingerprint density at radius 1 is 1.20 bits per heavy atom. The van der Waals surface area contributed by atoms with Crippen molar-refractivity contribution in [3.63, 3.8) is 0 Å². The number of benzene rings is 2. The number of carbonyl (C=O) groups excluding carboxylic acids is 1. The maximum atomic E-state index is 13.1. The zero-order valence-corrected chi connectivity index (χ0v) is 13.4. The lowest BCUT2D eigenvalue weighted by Gasteiger charge is -2.10. The van der Waals surface area contributed by atoms with Crippen molar-refractivity contribution in [2.24, 2.45) is 0 Å². The Labute approximate surface area is 144 Å². The summed E-state index contributed by atoms with van der Waals surface area (Å²) in [5.74, 6) is -0.335. The smallest absolute Gasteiger partial charge is 0.226 e. The van der Waals surface area contributed by atoms with E-state index >= 15 is 0 Å². The number of aliphatic hydroxyl groups is 1. The van der Waals surface area contributed by atoms with Crippen molar-refractivity contribution in [2.75, 3.05) is 0 Å². The fourth-order valence-corrected chi connectivity index (χ4v) is 2.37. The lowest BCUT2D eigenvalue weighted by atomic mass is 10.1. The molecule has 25 heavy (non-hydrogen) atoms. The summed E-state index contributed by atoms with van der Waals surface area (Å²) in [5, 5.41) is 12.7. The van der Waals surface area contributed by atoms with E-state index < -0.39 is 11.9 Å². The van der Waals surface area contributed by atoms with E-state index in [4.69, 9.17) is 4.42 Å². The van der Waals surface area contributed by atoms with Crippen LogP contribution in [0.15, 0.2) is 65.3 Å². The number of amides is 1. The van der Waals surface area contributed by atoms with Crippen molar-refractivity contribution >= 4 is 5.91 Å². The maximum absolute atomic E-state index is 13.1. The fourth-order valence-electron chi connectivity index (χ4n) is 2.37. The van der Waals surface area contributed by atoms with E-state index in [1.165, 1.54) is 24.5 Å². The van der Waals surface area contributed by atoms with Gasteiger partial charge in [0.1, 0.15) is 12.1 Å². The second kappa shape index (κ2) is 7.72. The van der Waals surface area contributed by atoms with E-state index in [-0.39, 0.29) is 18.9 Å². The van der Waals surface area contributed by atoms with Crippen molar-refractivity contribution in [2.45, 2.75) is 19.1 Å². The highest BCUT2D eigenvalue weighted by Crippen LogP contribution is 2.19. The molecule has 3 aromatic rings. The molecule has 0 aliphatic rings. The zero-order chi connectivity index (χ0) is 17.6. The van der Waals surface area contributed by atoms with Gasteiger partial charge < -0.3 is 14.8 Å². The highest BCUT2D eigenvalue weighted by atomic mass is 19.1. The third kappa shape index (κ3) is 4.51. The maximum Gasteiger partial charge on any atom is 0.226 e. The summed E-state index contributed by atoms with van der Waals surface area (Å²) in [6, 6.07) is 15.0. The van der Waals surface area contributed by atoms with Crippen molar-refractivity contribution in [1.29, 1.82) is 0 Å². The van der Waals surface area contributed by atoms with Crippen LogP contribution in [0.3, 0.4) is 0 Å². The highest BCUT2D eigenvalue weighted by Gasteiger charge is 2.14. The number of nitrogens with zero attached hydrogens (tertiary/aromatic N) is 1. The molecule has 1 aromatic heterocycles. The number of hydrogen-bond acceptors (Lipinski definition) is 4. The molecule has 1 amide bonds. The van der Waals surface area contributed by atoms with Crippen molar-refractivity contribution < 1.29 is 18.7 Å². The van der Waals surface area contributed by atoms with Crippen molar-refractivity contribution in [3.05, 3.63) is 77.9 Å². The lowest BCUT2D eigenvalue weighted by molar-refractivity contribution is -0.123. The van der Waals surface area contributed by atoms with Crippen LogP contribution in [0.4, 0.5) is 4.39 Å². The highest BCUT2D eigenvalue weighted by molar-refractivity contribution is 5.76. The molecule has 0 aliphatic carbocycles. The van der Waals surface area contributed by atoms with E-state index in [0.29, 0.717) is 17.1 Å². The molecule has 1 unspecified atom stereocenters. The average Bonchev–Trinajstić information content (AvgIpc) is 3.10. The fraction of sp³-hybridized carbons (Fsp3) is 0.158. The molecule has 5 nitrogen and oxygen atoms in total. The van der Waals surface area contributed by atoms with E-state index in [1.807, 2.05) is 30.3 Å². The number of hydrogen-bond donors (Lipinski definition) is 2. The molecule has 3 rings (SSSR count). The summed E-state index contributed by atoms with van der Waals surface area (Å²) in [6.45, 7) is 0.186. The standard InChI is InChI=1S/C19H17FN2O3/c20-15-8-4-7-14(9-15)17(23)10-18(24)21-11-16-12-25-19(22-16)13-5-2-1-3-6-13/h1-9,12,17,23H,10-11H2,(H,21,24). The summed E-state index contributed by atoms with van der Waals surface area (Å²) < 4.78 is 18.5. The normalized spacial score (nSPS) is 11.9. The molecule has 0 bridgehead atoms. The van der Waals surface area contributed by atoms with Gasteiger partial charge in [0.15, 0.2) is 0 Å². The molecule has 0 spiro atoms. The molecule has 128 valence electrons. The van der Waals surface area contributed by atoms with Gasteiger partial charge in [0.25, 0.3) is 0 Å². The zero-order valence-electron chi connectivity index (χ0n) is 13.4. The Morgan fingerprint density at radius 2 is 2.00 bits per heavy atom. The van der Waals surface area contributed by atoms with Crippen LogP contribution in [0.5, 0.6) is 0 Å². The molecular formula is C19H17FN2O3. The van der Waals surface area contributed by atoms with Gasteiger partial charge in [-0.25, -0.2) is 9.37 Å². The first-order valence-electron chi connectivity index (χ1n) is 7.82. The molecule has 1 heterocycles. The number of halogens is 1. The summed E-state index contributed by atoms with van der Waals surface area (Å²) in [7, 11) is 0. The van der Waals surface area contributed by atoms with E-state index in [2.05, 4.69) is 10.3 Å². The molecule has 0 radical (unpaired) electrons. The van der Waals surface area contributed by atoms with Crippen LogP contribution < -0.4 is 5.32 Å². The molecule has 2 aromatic carbocycles. The van der Waals surface area contributed by atoms with Crippen molar-refractivity contribution in [3.8, 4) is 11.5 Å². The van der Waals surface area contributed by atoms with Gasteiger partial charge in [-0.15, -0.1) is 0 Å². The monoisotopic (exact) mass is 340 g/mol.